The van der Waals surface area contributed by atoms with E-state index in [2.05, 4.69) is 19.2 Å². The van der Waals surface area contributed by atoms with Gasteiger partial charge in [-0.1, -0.05) is 213 Å². The van der Waals surface area contributed by atoms with Crippen molar-refractivity contribution < 1.29 is 50.0 Å². The number of aliphatic hydroxyl groups is 7. The molecule has 1 rings (SSSR count). The predicted molar refractivity (Wildman–Crippen MR) is 233 cm³/mol. The minimum atomic E-state index is -1.66. The summed E-state index contributed by atoms with van der Waals surface area (Å²) in [6, 6.07) is -1.16. The van der Waals surface area contributed by atoms with E-state index in [1.165, 1.54) is 148 Å². The number of carbonyl (C=O) groups is 1. The van der Waals surface area contributed by atoms with Crippen molar-refractivity contribution in [2.75, 3.05) is 13.2 Å². The van der Waals surface area contributed by atoms with Crippen LogP contribution < -0.4 is 5.32 Å². The number of aliphatic hydroxyl groups excluding tert-OH is 7. The van der Waals surface area contributed by atoms with Gasteiger partial charge in [-0.3, -0.25) is 4.79 Å². The SMILES string of the molecule is CCCCCCCCCCCCCCCCCCCCCC[C@@H](O)C(=O)N[C@@H](CO[C@@H]1O[C@H](CO)[C@H](O)[C@H](O)[C@@H]1O)[C@H](O)[C@H](O)CCCCCCCCCCCCC. The van der Waals surface area contributed by atoms with Crippen molar-refractivity contribution in [3.05, 3.63) is 0 Å². The first-order chi connectivity index (χ1) is 28.2. The molecule has 0 aromatic carbocycles. The lowest BCUT2D eigenvalue weighted by molar-refractivity contribution is -0.303. The van der Waals surface area contributed by atoms with Gasteiger partial charge in [0, 0.05) is 0 Å². The molecule has 1 aliphatic heterocycles. The summed E-state index contributed by atoms with van der Waals surface area (Å²) in [6.45, 7) is 3.44. The van der Waals surface area contributed by atoms with Gasteiger partial charge >= 0.3 is 0 Å². The average Bonchev–Trinajstić information content (AvgIpc) is 3.22. The van der Waals surface area contributed by atoms with Crippen LogP contribution >= 0.6 is 0 Å². The van der Waals surface area contributed by atoms with Gasteiger partial charge in [0.25, 0.3) is 0 Å². The summed E-state index contributed by atoms with van der Waals surface area (Å²) in [5.41, 5.74) is 0. The molecular formula is C47H93NO10. The van der Waals surface area contributed by atoms with Crippen LogP contribution in [0.5, 0.6) is 0 Å². The van der Waals surface area contributed by atoms with Gasteiger partial charge in [0.05, 0.1) is 25.4 Å². The summed E-state index contributed by atoms with van der Waals surface area (Å²) in [5, 5.41) is 75.6. The summed E-state index contributed by atoms with van der Waals surface area (Å²) < 4.78 is 11.1. The van der Waals surface area contributed by atoms with Gasteiger partial charge in [0.15, 0.2) is 6.29 Å². The van der Waals surface area contributed by atoms with Crippen molar-refractivity contribution in [2.45, 2.75) is 281 Å². The Kier molecular flexibility index (Phi) is 36.0. The molecule has 0 unspecified atom stereocenters. The Morgan fingerprint density at radius 1 is 0.534 bits per heavy atom. The van der Waals surface area contributed by atoms with E-state index in [1.54, 1.807) is 0 Å². The third-order valence-corrected chi connectivity index (χ3v) is 12.2. The van der Waals surface area contributed by atoms with Crippen LogP contribution in [0.3, 0.4) is 0 Å². The van der Waals surface area contributed by atoms with Crippen molar-refractivity contribution in [2.24, 2.45) is 0 Å². The molecule has 0 spiro atoms. The molecule has 1 aliphatic rings. The Labute approximate surface area is 354 Å². The molecule has 8 N–H and O–H groups in total. The van der Waals surface area contributed by atoms with Gasteiger partial charge < -0.3 is 50.5 Å². The molecule has 0 saturated carbocycles. The molecule has 0 aromatic rings. The van der Waals surface area contributed by atoms with Crippen LogP contribution in [0.2, 0.25) is 0 Å². The van der Waals surface area contributed by atoms with Crippen molar-refractivity contribution in [1.29, 1.82) is 0 Å². The van der Waals surface area contributed by atoms with Crippen molar-refractivity contribution in [3.8, 4) is 0 Å². The first-order valence-electron chi connectivity index (χ1n) is 24.4. The van der Waals surface area contributed by atoms with Gasteiger partial charge in [-0.25, -0.2) is 0 Å². The number of carbonyl (C=O) groups excluding carboxylic acids is 1. The summed E-state index contributed by atoms with van der Waals surface area (Å²) in [7, 11) is 0. The van der Waals surface area contributed by atoms with Crippen LogP contribution in [0, 0.1) is 0 Å². The van der Waals surface area contributed by atoms with Gasteiger partial charge in [-0.05, 0) is 12.8 Å². The summed E-state index contributed by atoms with van der Waals surface area (Å²) in [6.07, 6.45) is 27.3. The molecule has 9 atom stereocenters. The summed E-state index contributed by atoms with van der Waals surface area (Å²) in [4.78, 5) is 13.1. The minimum Gasteiger partial charge on any atom is -0.394 e. The zero-order valence-corrected chi connectivity index (χ0v) is 37.3. The van der Waals surface area contributed by atoms with Crippen LogP contribution in [0.4, 0.5) is 0 Å². The highest BCUT2D eigenvalue weighted by Gasteiger charge is 2.44. The zero-order chi connectivity index (χ0) is 42.6. The monoisotopic (exact) mass is 832 g/mol. The van der Waals surface area contributed by atoms with E-state index in [0.29, 0.717) is 19.3 Å². The molecule has 1 heterocycles. The van der Waals surface area contributed by atoms with Crippen molar-refractivity contribution in [3.63, 3.8) is 0 Å². The topological polar surface area (TPSA) is 189 Å². The quantitative estimate of drug-likeness (QED) is 0.0279. The molecule has 1 amide bonds. The second kappa shape index (κ2) is 37.8. The van der Waals surface area contributed by atoms with E-state index in [9.17, 15) is 40.5 Å². The van der Waals surface area contributed by atoms with Crippen LogP contribution in [-0.2, 0) is 14.3 Å². The molecule has 0 bridgehead atoms. The second-order valence-corrected chi connectivity index (χ2v) is 17.5. The van der Waals surface area contributed by atoms with Crippen LogP contribution in [-0.4, -0.2) is 110 Å². The van der Waals surface area contributed by atoms with E-state index >= 15 is 0 Å². The van der Waals surface area contributed by atoms with E-state index in [4.69, 9.17) is 9.47 Å². The fourth-order valence-corrected chi connectivity index (χ4v) is 8.09. The molecule has 0 radical (unpaired) electrons. The number of hydrogen-bond acceptors (Lipinski definition) is 10. The van der Waals surface area contributed by atoms with Gasteiger partial charge in [-0.15, -0.1) is 0 Å². The third kappa shape index (κ3) is 27.1. The molecule has 11 heteroatoms. The summed E-state index contributed by atoms with van der Waals surface area (Å²) >= 11 is 0. The number of rotatable bonds is 41. The van der Waals surface area contributed by atoms with Crippen LogP contribution in [0.15, 0.2) is 0 Å². The first-order valence-corrected chi connectivity index (χ1v) is 24.4. The van der Waals surface area contributed by atoms with Crippen molar-refractivity contribution >= 4 is 5.91 Å². The highest BCUT2D eigenvalue weighted by molar-refractivity contribution is 5.80. The number of nitrogens with one attached hydrogen (secondary N) is 1. The second-order valence-electron chi connectivity index (χ2n) is 17.5. The molecule has 58 heavy (non-hydrogen) atoms. The maximum absolute atomic E-state index is 13.1. The average molecular weight is 832 g/mol. The predicted octanol–water partition coefficient (Wildman–Crippen LogP) is 8.28. The molecule has 11 nitrogen and oxygen atoms in total. The Balaban J connectivity index is 2.37. The maximum atomic E-state index is 13.1. The Morgan fingerprint density at radius 2 is 0.897 bits per heavy atom. The lowest BCUT2D eigenvalue weighted by atomic mass is 9.98. The van der Waals surface area contributed by atoms with Crippen LogP contribution in [0.1, 0.15) is 226 Å². The lowest BCUT2D eigenvalue weighted by Gasteiger charge is -2.40. The van der Waals surface area contributed by atoms with E-state index in [1.807, 2.05) is 0 Å². The summed E-state index contributed by atoms with van der Waals surface area (Å²) in [5.74, 6) is -0.693. The molecule has 1 fully saturated rings. The molecule has 346 valence electrons. The third-order valence-electron chi connectivity index (χ3n) is 12.2. The van der Waals surface area contributed by atoms with Gasteiger partial charge in [0.2, 0.25) is 5.91 Å². The fraction of sp³-hybridized carbons (Fsp3) is 0.979. The van der Waals surface area contributed by atoms with Gasteiger partial charge in [0.1, 0.15) is 36.6 Å². The van der Waals surface area contributed by atoms with E-state index in [-0.39, 0.29) is 6.42 Å². The Hall–Kier alpha value is -0.890. The lowest BCUT2D eigenvalue weighted by Crippen LogP contribution is -2.60. The molecule has 0 aliphatic carbocycles. The van der Waals surface area contributed by atoms with Gasteiger partial charge in [-0.2, -0.15) is 0 Å². The Morgan fingerprint density at radius 3 is 1.28 bits per heavy atom. The van der Waals surface area contributed by atoms with E-state index < -0.39 is 74.2 Å². The largest absolute Gasteiger partial charge is 0.394 e. The highest BCUT2D eigenvalue weighted by Crippen LogP contribution is 2.23. The van der Waals surface area contributed by atoms with Crippen molar-refractivity contribution in [1.82, 2.24) is 5.32 Å². The standard InChI is InChI=1S/C47H93NO10/c1-3-5-7-9-11-13-15-16-17-18-19-20-21-22-23-25-27-29-31-33-35-40(51)46(56)48-38(37-57-47-45(55)44(54)43(53)41(36-49)58-47)42(52)39(50)34-32-30-28-26-24-14-12-10-8-6-4-2/h38-45,47,49-55H,3-37H2,1-2H3,(H,48,56)/t38-,39+,40+,41+,42-,43-,44-,45-,47+/m0/s1. The zero-order valence-electron chi connectivity index (χ0n) is 37.3. The normalized spacial score (nSPS) is 21.8. The number of amides is 1. The Bertz CT molecular complexity index is 913. The minimum absolute atomic E-state index is 0.266. The number of hydrogen-bond donors (Lipinski definition) is 8. The fourth-order valence-electron chi connectivity index (χ4n) is 8.09. The van der Waals surface area contributed by atoms with E-state index in [0.717, 1.165) is 38.5 Å². The maximum Gasteiger partial charge on any atom is 0.249 e. The highest BCUT2D eigenvalue weighted by atomic mass is 16.7. The smallest absolute Gasteiger partial charge is 0.249 e. The molecule has 0 aromatic heterocycles. The first kappa shape index (κ1) is 55.1. The van der Waals surface area contributed by atoms with Crippen LogP contribution in [0.25, 0.3) is 0 Å². The number of unbranched alkanes of at least 4 members (excludes halogenated alkanes) is 29. The molecule has 1 saturated heterocycles. The molecular weight excluding hydrogens is 739 g/mol. The number of ether oxygens (including phenoxy) is 2.